The average molecular weight is 477 g/mol. The van der Waals surface area contributed by atoms with Gasteiger partial charge in [-0.3, -0.25) is 0 Å². The summed E-state index contributed by atoms with van der Waals surface area (Å²) in [5.41, 5.74) is 1.46. The molecule has 1 saturated heterocycles. The molecule has 2 heterocycles. The maximum Gasteiger partial charge on any atom is 0.339 e. The van der Waals surface area contributed by atoms with Crippen LogP contribution in [0.5, 0.6) is 5.75 Å². The van der Waals surface area contributed by atoms with Gasteiger partial charge in [0.25, 0.3) is 0 Å². The number of benzene rings is 2. The number of piperidine rings is 1. The fourth-order valence-corrected chi connectivity index (χ4v) is 6.19. The first-order chi connectivity index (χ1) is 15.1. The molecular weight excluding hydrogens is 448 g/mol. The Kier molecular flexibility index (Phi) is 6.08. The molecule has 0 unspecified atom stereocenters. The van der Waals surface area contributed by atoms with Crippen LogP contribution in [0.3, 0.4) is 0 Å². The molecule has 0 radical (unpaired) electrons. The highest BCUT2D eigenvalue weighted by Gasteiger charge is 2.28. The number of likely N-dealkylation sites (tertiary alicyclic amines) is 1. The van der Waals surface area contributed by atoms with Gasteiger partial charge in [-0.05, 0) is 88.6 Å². The van der Waals surface area contributed by atoms with E-state index in [9.17, 15) is 16.8 Å². The minimum absolute atomic E-state index is 0.0654. The van der Waals surface area contributed by atoms with E-state index in [2.05, 4.69) is 11.9 Å². The Labute approximate surface area is 189 Å². The van der Waals surface area contributed by atoms with Crippen LogP contribution in [-0.4, -0.2) is 51.1 Å². The predicted octanol–water partition coefficient (Wildman–Crippen LogP) is 3.80. The predicted molar refractivity (Wildman–Crippen MR) is 125 cm³/mol. The van der Waals surface area contributed by atoms with Crippen LogP contribution in [0, 0.1) is 0 Å². The van der Waals surface area contributed by atoms with Gasteiger partial charge in [-0.25, -0.2) is 12.4 Å². The summed E-state index contributed by atoms with van der Waals surface area (Å²) in [5, 5.41) is 0.127. The number of aromatic nitrogens is 1. The van der Waals surface area contributed by atoms with E-state index in [4.69, 9.17) is 4.18 Å². The second-order valence-corrected chi connectivity index (χ2v) is 12.5. The average Bonchev–Trinajstić information content (AvgIpc) is 3.14. The third-order valence-corrected chi connectivity index (χ3v) is 9.34. The Bertz CT molecular complexity index is 1320. The van der Waals surface area contributed by atoms with Gasteiger partial charge in [-0.15, -0.1) is 0 Å². The molecule has 0 spiro atoms. The molecule has 1 aliphatic heterocycles. The molecule has 0 N–H and O–H groups in total. The van der Waals surface area contributed by atoms with Crippen LogP contribution in [0.25, 0.3) is 10.9 Å². The van der Waals surface area contributed by atoms with Crippen LogP contribution >= 0.6 is 0 Å². The lowest BCUT2D eigenvalue weighted by Gasteiger charge is -2.28. The van der Waals surface area contributed by atoms with Crippen molar-refractivity contribution < 1.29 is 21.0 Å². The summed E-state index contributed by atoms with van der Waals surface area (Å²) in [5.74, 6) is 0.355. The maximum absolute atomic E-state index is 13.0. The van der Waals surface area contributed by atoms with Crippen LogP contribution < -0.4 is 4.18 Å². The molecule has 4 rings (SSSR count). The molecule has 1 aromatic heterocycles. The van der Waals surface area contributed by atoms with Gasteiger partial charge >= 0.3 is 10.1 Å². The van der Waals surface area contributed by atoms with Crippen molar-refractivity contribution >= 4 is 31.0 Å². The van der Waals surface area contributed by atoms with Crippen LogP contribution in [0.4, 0.5) is 0 Å². The first-order valence-corrected chi connectivity index (χ1v) is 13.6. The molecule has 0 amide bonds. The van der Waals surface area contributed by atoms with Gasteiger partial charge in [0.15, 0.2) is 0 Å². The van der Waals surface area contributed by atoms with Crippen molar-refractivity contribution in [3.05, 3.63) is 60.3 Å². The van der Waals surface area contributed by atoms with Gasteiger partial charge in [0.1, 0.15) is 10.6 Å². The first-order valence-electron chi connectivity index (χ1n) is 10.7. The molecule has 1 aliphatic rings. The summed E-state index contributed by atoms with van der Waals surface area (Å²) in [4.78, 5) is 2.32. The Balaban J connectivity index is 1.81. The van der Waals surface area contributed by atoms with Gasteiger partial charge in [-0.1, -0.05) is 18.2 Å². The highest BCUT2D eigenvalue weighted by molar-refractivity contribution is 7.90. The van der Waals surface area contributed by atoms with E-state index in [0.29, 0.717) is 10.9 Å². The van der Waals surface area contributed by atoms with Gasteiger partial charge in [-0.2, -0.15) is 8.42 Å². The molecular formula is C23H28N2O5S2. The van der Waals surface area contributed by atoms with Crippen molar-refractivity contribution in [2.45, 2.75) is 42.8 Å². The van der Waals surface area contributed by atoms with E-state index in [-0.39, 0.29) is 16.6 Å². The number of hydrogen-bond donors (Lipinski definition) is 0. The molecule has 3 aromatic rings. The quantitative estimate of drug-likeness (QED) is 0.503. The SMILES string of the molecule is CC(C)S(=O)(=O)n1cc(C2CCN(C)CC2)c2cc(OS(=O)(=O)c3ccccc3)ccc21. The van der Waals surface area contributed by atoms with Crippen LogP contribution in [0.15, 0.2) is 59.6 Å². The fourth-order valence-electron chi connectivity index (χ4n) is 4.10. The van der Waals surface area contributed by atoms with Crippen molar-refractivity contribution in [2.75, 3.05) is 20.1 Å². The Morgan fingerprint density at radius 2 is 1.62 bits per heavy atom. The molecule has 7 nitrogen and oxygen atoms in total. The van der Waals surface area contributed by atoms with Gasteiger partial charge < -0.3 is 9.08 Å². The fraction of sp³-hybridized carbons (Fsp3) is 0.391. The van der Waals surface area contributed by atoms with Crippen LogP contribution in [0.1, 0.15) is 38.2 Å². The van der Waals surface area contributed by atoms with Crippen molar-refractivity contribution in [2.24, 2.45) is 0 Å². The van der Waals surface area contributed by atoms with E-state index in [1.165, 1.54) is 22.2 Å². The van der Waals surface area contributed by atoms with Crippen molar-refractivity contribution in [3.63, 3.8) is 0 Å². The van der Waals surface area contributed by atoms with E-state index in [1.807, 2.05) is 0 Å². The molecule has 9 heteroatoms. The number of hydrogen-bond acceptors (Lipinski definition) is 6. The molecule has 0 saturated carbocycles. The standard InChI is InChI=1S/C23H28N2O5S2/c1-17(2)31(26,27)25-16-22(18-11-13-24(3)14-12-18)21-15-19(9-10-23(21)25)30-32(28,29)20-7-5-4-6-8-20/h4-10,15-18H,11-14H2,1-3H3. The first kappa shape index (κ1) is 22.8. The molecule has 0 bridgehead atoms. The van der Waals surface area contributed by atoms with Crippen LogP contribution in [-0.2, 0) is 20.1 Å². The number of rotatable bonds is 6. The van der Waals surface area contributed by atoms with E-state index in [0.717, 1.165) is 31.5 Å². The lowest BCUT2D eigenvalue weighted by atomic mass is 9.89. The second kappa shape index (κ2) is 8.53. The zero-order valence-electron chi connectivity index (χ0n) is 18.4. The lowest BCUT2D eigenvalue weighted by Crippen LogP contribution is -2.29. The Hall–Kier alpha value is -2.36. The van der Waals surface area contributed by atoms with Crippen molar-refractivity contribution in [3.8, 4) is 5.75 Å². The summed E-state index contributed by atoms with van der Waals surface area (Å²) in [6.07, 6.45) is 3.53. The maximum atomic E-state index is 13.0. The molecule has 2 aromatic carbocycles. The van der Waals surface area contributed by atoms with Gasteiger partial charge in [0, 0.05) is 11.6 Å². The largest absolute Gasteiger partial charge is 0.379 e. The molecule has 172 valence electrons. The number of nitrogens with zero attached hydrogens (tertiary/aromatic N) is 2. The zero-order chi connectivity index (χ0) is 23.1. The Morgan fingerprint density at radius 1 is 0.969 bits per heavy atom. The van der Waals surface area contributed by atoms with Crippen molar-refractivity contribution in [1.29, 1.82) is 0 Å². The van der Waals surface area contributed by atoms with Gasteiger partial charge in [0.2, 0.25) is 10.0 Å². The highest BCUT2D eigenvalue weighted by Crippen LogP contribution is 2.37. The third kappa shape index (κ3) is 4.29. The zero-order valence-corrected chi connectivity index (χ0v) is 20.1. The second-order valence-electron chi connectivity index (χ2n) is 8.58. The van der Waals surface area contributed by atoms with Crippen molar-refractivity contribution in [1.82, 2.24) is 8.87 Å². The van der Waals surface area contributed by atoms with Crippen LogP contribution in [0.2, 0.25) is 0 Å². The summed E-state index contributed by atoms with van der Waals surface area (Å²) in [6, 6.07) is 12.7. The summed E-state index contributed by atoms with van der Waals surface area (Å²) in [7, 11) is -5.50. The normalized spacial score (nSPS) is 16.6. The van der Waals surface area contributed by atoms with E-state index in [1.54, 1.807) is 50.4 Å². The monoisotopic (exact) mass is 476 g/mol. The lowest BCUT2D eigenvalue weighted by molar-refractivity contribution is 0.256. The summed E-state index contributed by atoms with van der Waals surface area (Å²) in [6.45, 7) is 5.15. The summed E-state index contributed by atoms with van der Waals surface area (Å²) < 4.78 is 58.2. The summed E-state index contributed by atoms with van der Waals surface area (Å²) >= 11 is 0. The molecule has 0 aliphatic carbocycles. The van der Waals surface area contributed by atoms with E-state index < -0.39 is 25.4 Å². The minimum Gasteiger partial charge on any atom is -0.379 e. The van der Waals surface area contributed by atoms with Gasteiger partial charge in [0.05, 0.1) is 10.8 Å². The van der Waals surface area contributed by atoms with E-state index >= 15 is 0 Å². The topological polar surface area (TPSA) is 85.7 Å². The minimum atomic E-state index is -3.99. The highest BCUT2D eigenvalue weighted by atomic mass is 32.2. The Morgan fingerprint density at radius 3 is 2.25 bits per heavy atom. The third-order valence-electron chi connectivity index (χ3n) is 6.04. The smallest absolute Gasteiger partial charge is 0.339 e. The molecule has 0 atom stereocenters. The molecule has 32 heavy (non-hydrogen) atoms. The number of fused-ring (bicyclic) bond motifs is 1. The molecule has 1 fully saturated rings.